The fraction of sp³-hybridized carbons (Fsp3) is 0.943. The van der Waals surface area contributed by atoms with Gasteiger partial charge in [0.25, 0.3) is 0 Å². The molecule has 17 nitrogen and oxygen atoms in total. The largest absolute Gasteiger partial charge is 0.472 e. The Hall–Kier alpha value is -1.94. The molecule has 3 N–H and O–H groups in total. The van der Waals surface area contributed by atoms with Gasteiger partial charge in [0.1, 0.15) is 19.3 Å². The van der Waals surface area contributed by atoms with Gasteiger partial charge in [0.2, 0.25) is 0 Å². The average molecular weight is 1310 g/mol. The second-order valence-electron chi connectivity index (χ2n) is 26.7. The standard InChI is InChI=1S/C70H136O17P2/c1-8-9-10-11-12-13-14-15-19-22-25-28-37-44-51-67(72)80-57-65(86-69(74)53-46-39-29-26-23-20-17-16-18-21-24-27-34-41-48-61(2)3)59-84-88(76,77)82-55-64(71)56-83-89(78,79)85-60-66(87-70(75)54-47-40-33-31-36-43-50-63(6)7)58-81-68(73)52-45-38-32-30-35-42-49-62(4)5/h61-66,71H,8-60H2,1-7H3,(H,76,77)(H,78,79)/t64-,65-,66-/m1/s1. The smallest absolute Gasteiger partial charge is 0.462 e. The number of carbonyl (C=O) groups is 4. The zero-order chi connectivity index (χ0) is 65.9. The summed E-state index contributed by atoms with van der Waals surface area (Å²) in [4.78, 5) is 72.4. The lowest BCUT2D eigenvalue weighted by Crippen LogP contribution is -2.30. The molecule has 0 aromatic carbocycles. The van der Waals surface area contributed by atoms with E-state index in [2.05, 4.69) is 48.5 Å². The maximum atomic E-state index is 13.0. The topological polar surface area (TPSA) is 237 Å². The first kappa shape index (κ1) is 87.1. The quantitative estimate of drug-likeness (QED) is 0.0222. The van der Waals surface area contributed by atoms with Crippen LogP contribution in [0.4, 0.5) is 0 Å². The van der Waals surface area contributed by atoms with Crippen LogP contribution in [0.25, 0.3) is 0 Å². The summed E-state index contributed by atoms with van der Waals surface area (Å²) in [5.74, 6) is 0.0122. The number of esters is 4. The molecule has 0 spiro atoms. The number of rotatable bonds is 68. The van der Waals surface area contributed by atoms with Crippen LogP contribution in [-0.2, 0) is 65.4 Å². The summed E-state index contributed by atoms with van der Waals surface area (Å²) in [6, 6.07) is 0. The Morgan fingerprint density at radius 1 is 0.303 bits per heavy atom. The highest BCUT2D eigenvalue weighted by molar-refractivity contribution is 7.47. The van der Waals surface area contributed by atoms with Crippen molar-refractivity contribution in [3.8, 4) is 0 Å². The number of unbranched alkanes of at least 4 members (excludes halogenated alkanes) is 36. The molecule has 89 heavy (non-hydrogen) atoms. The lowest BCUT2D eigenvalue weighted by Gasteiger charge is -2.21. The number of carbonyl (C=O) groups excluding carboxylic acids is 4. The van der Waals surface area contributed by atoms with Gasteiger partial charge in [-0.2, -0.15) is 0 Å². The van der Waals surface area contributed by atoms with Crippen LogP contribution in [0.1, 0.15) is 350 Å². The van der Waals surface area contributed by atoms with Crippen molar-refractivity contribution >= 4 is 39.5 Å². The Morgan fingerprint density at radius 3 is 0.764 bits per heavy atom. The number of hydrogen-bond donors (Lipinski definition) is 3. The minimum absolute atomic E-state index is 0.101. The van der Waals surface area contributed by atoms with E-state index >= 15 is 0 Å². The monoisotopic (exact) mass is 1310 g/mol. The number of ether oxygens (including phenoxy) is 4. The third-order valence-corrected chi connectivity index (χ3v) is 18.0. The van der Waals surface area contributed by atoms with Gasteiger partial charge in [0.05, 0.1) is 26.4 Å². The van der Waals surface area contributed by atoms with Crippen LogP contribution >= 0.6 is 15.6 Å². The molecule has 0 aromatic heterocycles. The normalized spacial score (nSPS) is 14.2. The minimum atomic E-state index is -4.95. The Kier molecular flexibility index (Phi) is 59.6. The summed E-state index contributed by atoms with van der Waals surface area (Å²) in [6.07, 6.45) is 44.8. The fourth-order valence-corrected chi connectivity index (χ4v) is 12.1. The van der Waals surface area contributed by atoms with Gasteiger partial charge in [0.15, 0.2) is 12.2 Å². The molecule has 0 aliphatic heterocycles. The molecule has 0 rings (SSSR count). The van der Waals surface area contributed by atoms with E-state index < -0.39 is 97.5 Å². The highest BCUT2D eigenvalue weighted by Crippen LogP contribution is 2.45. The maximum Gasteiger partial charge on any atom is 0.472 e. The van der Waals surface area contributed by atoms with E-state index in [1.54, 1.807) is 0 Å². The van der Waals surface area contributed by atoms with Crippen molar-refractivity contribution in [2.24, 2.45) is 17.8 Å². The van der Waals surface area contributed by atoms with E-state index in [1.165, 1.54) is 154 Å². The number of phosphoric ester groups is 2. The van der Waals surface area contributed by atoms with Gasteiger partial charge in [0, 0.05) is 25.7 Å². The van der Waals surface area contributed by atoms with Gasteiger partial charge in [-0.1, -0.05) is 299 Å². The lowest BCUT2D eigenvalue weighted by atomic mass is 10.0. The fourth-order valence-electron chi connectivity index (χ4n) is 10.5. The maximum absolute atomic E-state index is 13.0. The van der Waals surface area contributed by atoms with E-state index in [1.807, 2.05) is 0 Å². The minimum Gasteiger partial charge on any atom is -0.462 e. The second kappa shape index (κ2) is 61.0. The van der Waals surface area contributed by atoms with E-state index in [0.29, 0.717) is 37.5 Å². The van der Waals surface area contributed by atoms with Crippen LogP contribution in [0, 0.1) is 17.8 Å². The average Bonchev–Trinajstić information content (AvgIpc) is 3.69. The second-order valence-corrected chi connectivity index (χ2v) is 29.6. The van der Waals surface area contributed by atoms with Gasteiger partial charge in [-0.15, -0.1) is 0 Å². The van der Waals surface area contributed by atoms with Gasteiger partial charge < -0.3 is 33.8 Å². The first-order valence-corrected chi connectivity index (χ1v) is 39.3. The van der Waals surface area contributed by atoms with Crippen LogP contribution in [0.15, 0.2) is 0 Å². The highest BCUT2D eigenvalue weighted by atomic mass is 31.2. The third kappa shape index (κ3) is 64.6. The van der Waals surface area contributed by atoms with E-state index in [-0.39, 0.29) is 25.7 Å². The molecule has 0 saturated carbocycles. The van der Waals surface area contributed by atoms with Gasteiger partial charge in [-0.05, 0) is 43.4 Å². The number of hydrogen-bond acceptors (Lipinski definition) is 15. The van der Waals surface area contributed by atoms with Crippen LogP contribution in [-0.4, -0.2) is 96.7 Å². The first-order chi connectivity index (χ1) is 42.7. The molecule has 19 heteroatoms. The lowest BCUT2D eigenvalue weighted by molar-refractivity contribution is -0.161. The van der Waals surface area contributed by atoms with Crippen LogP contribution in [0.2, 0.25) is 0 Å². The molecule has 528 valence electrons. The summed E-state index contributed by atoms with van der Waals surface area (Å²) in [5, 5.41) is 10.6. The summed E-state index contributed by atoms with van der Waals surface area (Å²) in [5.41, 5.74) is 0. The van der Waals surface area contributed by atoms with E-state index in [0.717, 1.165) is 102 Å². The molecule has 0 aliphatic carbocycles. The van der Waals surface area contributed by atoms with Gasteiger partial charge >= 0.3 is 39.5 Å². The Balaban J connectivity index is 5.22. The van der Waals surface area contributed by atoms with Crippen molar-refractivity contribution in [2.45, 2.75) is 369 Å². The molecule has 0 saturated heterocycles. The molecular formula is C70H136O17P2. The Morgan fingerprint density at radius 2 is 0.517 bits per heavy atom. The van der Waals surface area contributed by atoms with Gasteiger partial charge in [-0.3, -0.25) is 37.3 Å². The highest BCUT2D eigenvalue weighted by Gasteiger charge is 2.30. The predicted molar refractivity (Wildman–Crippen MR) is 358 cm³/mol. The third-order valence-electron chi connectivity index (χ3n) is 16.1. The zero-order valence-electron chi connectivity index (χ0n) is 57.9. The SMILES string of the molecule is CCCCCCCCCCCCCCCCC(=O)OC[C@H](COP(=O)(O)OC[C@@H](O)COP(=O)(O)OC[C@@H](COC(=O)CCCCCCCCC(C)C)OC(=O)CCCCCCCCC(C)C)OC(=O)CCCCCCCCCCCCCCCCC(C)C. The van der Waals surface area contributed by atoms with Crippen molar-refractivity contribution in [1.29, 1.82) is 0 Å². The summed E-state index contributed by atoms with van der Waals surface area (Å²) in [7, 11) is -9.90. The molecule has 0 fully saturated rings. The zero-order valence-corrected chi connectivity index (χ0v) is 59.7. The molecule has 0 radical (unpaired) electrons. The molecule has 0 heterocycles. The van der Waals surface area contributed by atoms with E-state index in [9.17, 15) is 43.2 Å². The molecular weight excluding hydrogens is 1170 g/mol. The molecule has 0 aliphatic rings. The molecule has 0 amide bonds. The van der Waals surface area contributed by atoms with Crippen molar-refractivity contribution in [3.05, 3.63) is 0 Å². The van der Waals surface area contributed by atoms with Crippen molar-refractivity contribution in [3.63, 3.8) is 0 Å². The molecule has 0 aromatic rings. The van der Waals surface area contributed by atoms with E-state index in [4.69, 9.17) is 37.0 Å². The summed E-state index contributed by atoms with van der Waals surface area (Å²) >= 11 is 0. The first-order valence-electron chi connectivity index (χ1n) is 36.3. The Bertz CT molecular complexity index is 1750. The van der Waals surface area contributed by atoms with Crippen molar-refractivity contribution < 1.29 is 80.2 Å². The Labute approximate surface area is 543 Å². The number of phosphoric acid groups is 2. The van der Waals surface area contributed by atoms with Crippen LogP contribution in [0.5, 0.6) is 0 Å². The summed E-state index contributed by atoms with van der Waals surface area (Å²) in [6.45, 7) is 11.7. The number of aliphatic hydroxyl groups is 1. The van der Waals surface area contributed by atoms with Crippen LogP contribution in [0.3, 0.4) is 0 Å². The predicted octanol–water partition coefficient (Wildman–Crippen LogP) is 19.8. The van der Waals surface area contributed by atoms with Crippen LogP contribution < -0.4 is 0 Å². The molecule has 2 unspecified atom stereocenters. The summed E-state index contributed by atoms with van der Waals surface area (Å²) < 4.78 is 68.2. The molecule has 0 bridgehead atoms. The number of aliphatic hydroxyl groups excluding tert-OH is 1. The van der Waals surface area contributed by atoms with Crippen molar-refractivity contribution in [1.82, 2.24) is 0 Å². The van der Waals surface area contributed by atoms with Gasteiger partial charge in [-0.25, -0.2) is 9.13 Å². The van der Waals surface area contributed by atoms with Crippen molar-refractivity contribution in [2.75, 3.05) is 39.6 Å². The molecule has 5 atom stereocenters.